The van der Waals surface area contributed by atoms with E-state index in [1.807, 2.05) is 0 Å². The molecule has 0 aliphatic carbocycles. The Bertz CT molecular complexity index is 132. The van der Waals surface area contributed by atoms with E-state index in [2.05, 4.69) is 10.8 Å². The zero-order valence-electron chi connectivity index (χ0n) is 8.55. The van der Waals surface area contributed by atoms with Crippen LogP contribution in [0.25, 0.3) is 0 Å². The van der Waals surface area contributed by atoms with Crippen molar-refractivity contribution in [3.63, 3.8) is 0 Å². The van der Waals surface area contributed by atoms with Crippen LogP contribution in [-0.2, 0) is 9.57 Å². The third-order valence-electron chi connectivity index (χ3n) is 2.69. The smallest absolute Gasteiger partial charge is 0.130 e. The third-order valence-corrected chi connectivity index (χ3v) is 2.69. The van der Waals surface area contributed by atoms with Gasteiger partial charge >= 0.3 is 0 Å². The second kappa shape index (κ2) is 5.66. The summed E-state index contributed by atoms with van der Waals surface area (Å²) in [5.41, 5.74) is 3.08. The fourth-order valence-electron chi connectivity index (χ4n) is 1.85. The lowest BCUT2D eigenvalue weighted by Gasteiger charge is -2.23. The lowest BCUT2D eigenvalue weighted by atomic mass is 10.1. The van der Waals surface area contributed by atoms with Gasteiger partial charge in [-0.15, -0.1) is 0 Å². The number of nitrogens with one attached hydrogen (secondary N) is 2. The summed E-state index contributed by atoms with van der Waals surface area (Å²) in [4.78, 5) is 5.32. The van der Waals surface area contributed by atoms with Crippen LogP contribution < -0.4 is 10.8 Å². The molecular weight excluding hydrogens is 180 g/mol. The maximum atomic E-state index is 5.71. The molecule has 1 unspecified atom stereocenters. The van der Waals surface area contributed by atoms with Crippen LogP contribution in [0.3, 0.4) is 0 Å². The monoisotopic (exact) mass is 199 g/mol. The molecule has 1 radical (unpaired) electrons. The summed E-state index contributed by atoms with van der Waals surface area (Å²) in [7, 11) is 0. The highest BCUT2D eigenvalue weighted by Crippen LogP contribution is 2.18. The van der Waals surface area contributed by atoms with E-state index in [9.17, 15) is 0 Å². The van der Waals surface area contributed by atoms with Crippen LogP contribution in [0.4, 0.5) is 0 Å². The van der Waals surface area contributed by atoms with Gasteiger partial charge in [-0.05, 0) is 32.2 Å². The summed E-state index contributed by atoms with van der Waals surface area (Å²) >= 11 is 0. The summed E-state index contributed by atoms with van der Waals surface area (Å²) in [5.74, 6) is 0. The van der Waals surface area contributed by atoms with Gasteiger partial charge in [-0.25, -0.2) is 0 Å². The highest BCUT2D eigenvalue weighted by Gasteiger charge is 2.25. The standard InChI is InChI=1S/C10H19N2O2/c1-2-7-14-12-9(4-1)10-8-11-5-3-6-13-10/h9,11-12H,1-8H2. The minimum absolute atomic E-state index is 0.281. The predicted octanol–water partition coefficient (Wildman–Crippen LogP) is 0.602. The molecule has 4 nitrogen and oxygen atoms in total. The van der Waals surface area contributed by atoms with Gasteiger partial charge in [0, 0.05) is 13.2 Å². The Hall–Kier alpha value is -0.160. The quantitative estimate of drug-likeness (QED) is 0.649. The number of ether oxygens (including phenoxy) is 1. The van der Waals surface area contributed by atoms with Crippen LogP contribution in [-0.4, -0.2) is 32.3 Å². The summed E-state index contributed by atoms with van der Waals surface area (Å²) < 4.78 is 5.71. The molecule has 14 heavy (non-hydrogen) atoms. The fourth-order valence-corrected chi connectivity index (χ4v) is 1.85. The Morgan fingerprint density at radius 1 is 1.14 bits per heavy atom. The van der Waals surface area contributed by atoms with E-state index in [1.165, 1.54) is 6.42 Å². The predicted molar refractivity (Wildman–Crippen MR) is 53.4 cm³/mol. The van der Waals surface area contributed by atoms with Gasteiger partial charge in [-0.2, -0.15) is 5.48 Å². The molecule has 0 spiro atoms. The molecule has 1 atom stereocenters. The Labute approximate surface area is 85.3 Å². The van der Waals surface area contributed by atoms with Gasteiger partial charge in [0.15, 0.2) is 0 Å². The molecule has 4 heteroatoms. The summed E-state index contributed by atoms with van der Waals surface area (Å²) in [6.07, 6.45) is 5.69. The van der Waals surface area contributed by atoms with E-state index in [1.54, 1.807) is 0 Å². The maximum absolute atomic E-state index is 5.71. The molecule has 2 aliphatic heterocycles. The first-order valence-corrected chi connectivity index (χ1v) is 5.53. The van der Waals surface area contributed by atoms with Crippen LogP contribution >= 0.6 is 0 Å². The number of hydrogen-bond donors (Lipinski definition) is 2. The normalized spacial score (nSPS) is 32.1. The molecule has 0 aromatic carbocycles. The lowest BCUT2D eigenvalue weighted by molar-refractivity contribution is 0.00377. The summed E-state index contributed by atoms with van der Waals surface area (Å²) in [5, 5.41) is 3.36. The van der Waals surface area contributed by atoms with Crippen LogP contribution in [0.5, 0.6) is 0 Å². The molecule has 2 fully saturated rings. The Balaban J connectivity index is 1.83. The van der Waals surface area contributed by atoms with Gasteiger partial charge in [0.05, 0.1) is 12.6 Å². The van der Waals surface area contributed by atoms with E-state index in [0.29, 0.717) is 0 Å². The second-order valence-electron chi connectivity index (χ2n) is 3.86. The largest absolute Gasteiger partial charge is 0.369 e. The van der Waals surface area contributed by atoms with Crippen molar-refractivity contribution in [1.29, 1.82) is 0 Å². The fraction of sp³-hybridized carbons (Fsp3) is 0.900. The van der Waals surface area contributed by atoms with E-state index in [0.717, 1.165) is 51.7 Å². The molecule has 81 valence electrons. The highest BCUT2D eigenvalue weighted by atomic mass is 16.6. The van der Waals surface area contributed by atoms with E-state index in [4.69, 9.17) is 9.57 Å². The van der Waals surface area contributed by atoms with Gasteiger partial charge in [0.25, 0.3) is 0 Å². The second-order valence-corrected chi connectivity index (χ2v) is 3.86. The SMILES string of the molecule is C1CCC([C]2CNCCCO2)NOC1. The van der Waals surface area contributed by atoms with E-state index >= 15 is 0 Å². The Morgan fingerprint density at radius 2 is 2.14 bits per heavy atom. The van der Waals surface area contributed by atoms with Crippen molar-refractivity contribution in [2.45, 2.75) is 31.7 Å². The van der Waals surface area contributed by atoms with E-state index < -0.39 is 0 Å². The van der Waals surface area contributed by atoms with Crippen molar-refractivity contribution in [3.8, 4) is 0 Å². The Kier molecular flexibility index (Phi) is 4.19. The van der Waals surface area contributed by atoms with Gasteiger partial charge < -0.3 is 14.9 Å². The molecule has 2 N–H and O–H groups in total. The zero-order valence-corrected chi connectivity index (χ0v) is 8.55. The maximum Gasteiger partial charge on any atom is 0.130 e. The van der Waals surface area contributed by atoms with Crippen LogP contribution in [0.2, 0.25) is 0 Å². The summed E-state index contributed by atoms with van der Waals surface area (Å²) in [6, 6.07) is 0.281. The van der Waals surface area contributed by atoms with Gasteiger partial charge in [-0.3, -0.25) is 0 Å². The molecule has 2 saturated heterocycles. The van der Waals surface area contributed by atoms with Crippen LogP contribution in [0.1, 0.15) is 25.7 Å². The molecule has 0 amide bonds. The average molecular weight is 199 g/mol. The van der Waals surface area contributed by atoms with Crippen LogP contribution in [0.15, 0.2) is 0 Å². The molecule has 0 bridgehead atoms. The number of hydroxylamine groups is 1. The van der Waals surface area contributed by atoms with Crippen molar-refractivity contribution in [2.75, 3.05) is 26.3 Å². The highest BCUT2D eigenvalue weighted by molar-refractivity contribution is 4.95. The molecule has 0 aromatic rings. The molecule has 0 aromatic heterocycles. The van der Waals surface area contributed by atoms with Gasteiger partial charge in [0.2, 0.25) is 0 Å². The lowest BCUT2D eigenvalue weighted by Crippen LogP contribution is -2.39. The van der Waals surface area contributed by atoms with Crippen molar-refractivity contribution in [1.82, 2.24) is 10.8 Å². The number of rotatable bonds is 1. The first-order chi connectivity index (χ1) is 6.97. The first kappa shape index (κ1) is 10.4. The van der Waals surface area contributed by atoms with Crippen molar-refractivity contribution in [2.24, 2.45) is 0 Å². The molecule has 2 rings (SSSR count). The Morgan fingerprint density at radius 3 is 3.14 bits per heavy atom. The van der Waals surface area contributed by atoms with Gasteiger partial charge in [-0.1, -0.05) is 0 Å². The molecule has 0 saturated carbocycles. The molecule has 2 heterocycles. The minimum atomic E-state index is 0.281. The van der Waals surface area contributed by atoms with Crippen LogP contribution in [0, 0.1) is 6.10 Å². The van der Waals surface area contributed by atoms with Crippen molar-refractivity contribution in [3.05, 3.63) is 6.10 Å². The van der Waals surface area contributed by atoms with E-state index in [-0.39, 0.29) is 6.04 Å². The average Bonchev–Trinajstić information content (AvgIpc) is 2.62. The summed E-state index contributed by atoms with van der Waals surface area (Å²) in [6.45, 7) is 3.57. The molecular formula is C10H19N2O2. The van der Waals surface area contributed by atoms with Gasteiger partial charge in [0.1, 0.15) is 6.10 Å². The van der Waals surface area contributed by atoms with Crippen molar-refractivity contribution >= 4 is 0 Å². The minimum Gasteiger partial charge on any atom is -0.369 e. The third kappa shape index (κ3) is 2.92. The zero-order chi connectivity index (χ0) is 9.64. The van der Waals surface area contributed by atoms with Crippen molar-refractivity contribution < 1.29 is 9.57 Å². The first-order valence-electron chi connectivity index (χ1n) is 5.53. The molecule has 2 aliphatic rings. The topological polar surface area (TPSA) is 42.5 Å². The number of hydrogen-bond acceptors (Lipinski definition) is 4.